The molecule has 104 valence electrons. The average Bonchev–Trinajstić information content (AvgIpc) is 2.82. The highest BCUT2D eigenvalue weighted by Crippen LogP contribution is 2.16. The predicted molar refractivity (Wildman–Crippen MR) is 67.5 cm³/mol. The van der Waals surface area contributed by atoms with Crippen LogP contribution in [0.5, 0.6) is 0 Å². The summed E-state index contributed by atoms with van der Waals surface area (Å²) in [6.45, 7) is 0.0851. The first kappa shape index (κ1) is 13.4. The summed E-state index contributed by atoms with van der Waals surface area (Å²) < 4.78 is 1.49. The Labute approximate surface area is 112 Å². The fourth-order valence-electron chi connectivity index (χ4n) is 1.47. The Kier molecular flexibility index (Phi) is 3.55. The normalized spacial score (nSPS) is 10.2. The molecule has 0 spiro atoms. The molecule has 0 aliphatic heterocycles. The molecule has 2 aromatic rings. The molecular weight excluding hydrogens is 266 g/mol. The standard InChI is InChI=1S/C10H11N7O3/c1-16-5-14-8(15-16)4-13-10(18)7-2-6(17(19)20)3-12-9(7)11/h2-3,5H,4H2,1H3,(H2,11,12)(H,13,18). The van der Waals surface area contributed by atoms with Crippen molar-refractivity contribution in [2.45, 2.75) is 6.54 Å². The van der Waals surface area contributed by atoms with Gasteiger partial charge in [-0.2, -0.15) is 5.10 Å². The Morgan fingerprint density at radius 3 is 2.90 bits per heavy atom. The molecule has 0 radical (unpaired) electrons. The highest BCUT2D eigenvalue weighted by Gasteiger charge is 2.16. The molecule has 0 unspecified atom stereocenters. The lowest BCUT2D eigenvalue weighted by Crippen LogP contribution is -2.25. The molecule has 20 heavy (non-hydrogen) atoms. The van der Waals surface area contributed by atoms with Crippen LogP contribution in [0.15, 0.2) is 18.6 Å². The number of carbonyl (C=O) groups excluding carboxylic acids is 1. The molecule has 0 atom stereocenters. The van der Waals surface area contributed by atoms with E-state index in [1.807, 2.05) is 0 Å². The van der Waals surface area contributed by atoms with E-state index in [0.717, 1.165) is 12.3 Å². The van der Waals surface area contributed by atoms with Crippen LogP contribution in [0.3, 0.4) is 0 Å². The zero-order chi connectivity index (χ0) is 14.7. The molecule has 0 aliphatic carbocycles. The van der Waals surface area contributed by atoms with Crippen LogP contribution in [0.4, 0.5) is 11.5 Å². The first-order chi connectivity index (χ1) is 9.47. The minimum Gasteiger partial charge on any atom is -0.383 e. The maximum Gasteiger partial charge on any atom is 0.288 e. The first-order valence-electron chi connectivity index (χ1n) is 5.50. The summed E-state index contributed by atoms with van der Waals surface area (Å²) in [5, 5.41) is 17.1. The maximum absolute atomic E-state index is 11.9. The fourth-order valence-corrected chi connectivity index (χ4v) is 1.47. The molecule has 0 fully saturated rings. The number of pyridine rings is 1. The molecule has 0 saturated carbocycles. The summed E-state index contributed by atoms with van der Waals surface area (Å²) in [6, 6.07) is 1.07. The Hall–Kier alpha value is -3.04. The number of rotatable bonds is 4. The van der Waals surface area contributed by atoms with Crippen LogP contribution >= 0.6 is 0 Å². The molecular formula is C10H11N7O3. The van der Waals surface area contributed by atoms with E-state index in [4.69, 9.17) is 5.73 Å². The van der Waals surface area contributed by atoms with Gasteiger partial charge in [0.05, 0.1) is 17.0 Å². The summed E-state index contributed by atoms with van der Waals surface area (Å²) in [5.74, 6) is -0.244. The second kappa shape index (κ2) is 5.30. The van der Waals surface area contributed by atoms with E-state index in [1.165, 1.54) is 11.0 Å². The van der Waals surface area contributed by atoms with Gasteiger partial charge in [-0.1, -0.05) is 0 Å². The van der Waals surface area contributed by atoms with E-state index in [9.17, 15) is 14.9 Å². The minimum atomic E-state index is -0.649. The van der Waals surface area contributed by atoms with E-state index >= 15 is 0 Å². The van der Waals surface area contributed by atoms with E-state index < -0.39 is 10.8 Å². The highest BCUT2D eigenvalue weighted by atomic mass is 16.6. The molecule has 10 nitrogen and oxygen atoms in total. The summed E-state index contributed by atoms with van der Waals surface area (Å²) in [7, 11) is 1.70. The van der Waals surface area contributed by atoms with Gasteiger partial charge in [0.1, 0.15) is 18.3 Å². The highest BCUT2D eigenvalue weighted by molar-refractivity contribution is 5.98. The minimum absolute atomic E-state index is 0.0601. The van der Waals surface area contributed by atoms with Crippen LogP contribution in [-0.4, -0.2) is 30.6 Å². The number of amides is 1. The number of hydrogen-bond donors (Lipinski definition) is 2. The van der Waals surface area contributed by atoms with Crippen molar-refractivity contribution in [1.29, 1.82) is 0 Å². The molecule has 2 heterocycles. The maximum atomic E-state index is 11.9. The lowest BCUT2D eigenvalue weighted by Gasteiger charge is -2.05. The molecule has 2 rings (SSSR count). The largest absolute Gasteiger partial charge is 0.383 e. The number of hydrogen-bond acceptors (Lipinski definition) is 7. The molecule has 2 aromatic heterocycles. The van der Waals surface area contributed by atoms with E-state index in [1.54, 1.807) is 7.05 Å². The lowest BCUT2D eigenvalue weighted by molar-refractivity contribution is -0.385. The van der Waals surface area contributed by atoms with Gasteiger partial charge in [0, 0.05) is 13.1 Å². The van der Waals surface area contributed by atoms with Crippen LogP contribution in [-0.2, 0) is 13.6 Å². The number of nitrogens with two attached hydrogens (primary N) is 1. The van der Waals surface area contributed by atoms with E-state index in [-0.39, 0.29) is 23.6 Å². The number of nitrogen functional groups attached to an aromatic ring is 1. The van der Waals surface area contributed by atoms with Crippen molar-refractivity contribution >= 4 is 17.4 Å². The summed E-state index contributed by atoms with van der Waals surface area (Å²) in [6.07, 6.45) is 2.48. The number of nitrogens with one attached hydrogen (secondary N) is 1. The second-order valence-electron chi connectivity index (χ2n) is 3.90. The molecule has 0 aromatic carbocycles. The monoisotopic (exact) mass is 277 g/mol. The van der Waals surface area contributed by atoms with Gasteiger partial charge in [-0.3, -0.25) is 19.6 Å². The molecule has 10 heteroatoms. The zero-order valence-corrected chi connectivity index (χ0v) is 10.5. The van der Waals surface area contributed by atoms with Crippen LogP contribution in [0, 0.1) is 10.1 Å². The fraction of sp³-hybridized carbons (Fsp3) is 0.200. The van der Waals surface area contributed by atoms with Gasteiger partial charge in [0.25, 0.3) is 11.6 Å². The third-order valence-corrected chi connectivity index (χ3v) is 2.41. The number of nitro groups is 1. The van der Waals surface area contributed by atoms with Gasteiger partial charge in [0.2, 0.25) is 0 Å². The molecule has 0 bridgehead atoms. The number of aromatic nitrogens is 4. The quantitative estimate of drug-likeness (QED) is 0.573. The van der Waals surface area contributed by atoms with Gasteiger partial charge in [-0.15, -0.1) is 0 Å². The second-order valence-corrected chi connectivity index (χ2v) is 3.90. The Balaban J connectivity index is 2.12. The van der Waals surface area contributed by atoms with E-state index in [2.05, 4.69) is 20.4 Å². The van der Waals surface area contributed by atoms with Crippen LogP contribution in [0.1, 0.15) is 16.2 Å². The number of anilines is 1. The predicted octanol–water partition coefficient (Wildman–Crippen LogP) is -0.370. The topological polar surface area (TPSA) is 142 Å². The molecule has 0 saturated heterocycles. The summed E-state index contributed by atoms with van der Waals surface area (Å²) in [4.78, 5) is 29.4. The summed E-state index contributed by atoms with van der Waals surface area (Å²) >= 11 is 0. The number of nitrogens with zero attached hydrogens (tertiary/aromatic N) is 5. The van der Waals surface area contributed by atoms with Gasteiger partial charge < -0.3 is 11.1 Å². The van der Waals surface area contributed by atoms with Crippen molar-refractivity contribution in [3.8, 4) is 0 Å². The van der Waals surface area contributed by atoms with E-state index in [0.29, 0.717) is 5.82 Å². The van der Waals surface area contributed by atoms with Crippen molar-refractivity contribution in [2.24, 2.45) is 7.05 Å². The Morgan fingerprint density at radius 2 is 2.30 bits per heavy atom. The SMILES string of the molecule is Cn1cnc(CNC(=O)c2cc([N+](=O)[O-])cnc2N)n1. The van der Waals surface area contributed by atoms with Gasteiger partial charge >= 0.3 is 0 Å². The average molecular weight is 277 g/mol. The van der Waals surface area contributed by atoms with Gasteiger partial charge in [0.15, 0.2) is 5.82 Å². The van der Waals surface area contributed by atoms with Crippen molar-refractivity contribution in [3.05, 3.63) is 40.1 Å². The molecule has 1 amide bonds. The summed E-state index contributed by atoms with van der Waals surface area (Å²) in [5.41, 5.74) is 5.17. The third-order valence-electron chi connectivity index (χ3n) is 2.41. The van der Waals surface area contributed by atoms with Gasteiger partial charge in [-0.25, -0.2) is 9.97 Å². The Morgan fingerprint density at radius 1 is 1.55 bits per heavy atom. The van der Waals surface area contributed by atoms with Gasteiger partial charge in [-0.05, 0) is 0 Å². The van der Waals surface area contributed by atoms with Crippen molar-refractivity contribution in [1.82, 2.24) is 25.1 Å². The first-order valence-corrected chi connectivity index (χ1v) is 5.50. The molecule has 3 N–H and O–H groups in total. The van der Waals surface area contributed by atoms with Crippen molar-refractivity contribution in [3.63, 3.8) is 0 Å². The smallest absolute Gasteiger partial charge is 0.288 e. The van der Waals surface area contributed by atoms with Crippen LogP contribution < -0.4 is 11.1 Å². The van der Waals surface area contributed by atoms with Crippen LogP contribution in [0.25, 0.3) is 0 Å². The third kappa shape index (κ3) is 2.85. The zero-order valence-electron chi connectivity index (χ0n) is 10.5. The lowest BCUT2D eigenvalue weighted by atomic mass is 10.2. The van der Waals surface area contributed by atoms with Crippen LogP contribution in [0.2, 0.25) is 0 Å². The molecule has 0 aliphatic rings. The van der Waals surface area contributed by atoms with Crippen molar-refractivity contribution < 1.29 is 9.72 Å². The number of aryl methyl sites for hydroxylation is 1. The Bertz CT molecular complexity index is 667. The number of carbonyl (C=O) groups is 1. The van der Waals surface area contributed by atoms with Crippen molar-refractivity contribution in [2.75, 3.05) is 5.73 Å².